The van der Waals surface area contributed by atoms with E-state index in [1.54, 1.807) is 17.8 Å². The first-order chi connectivity index (χ1) is 8.61. The molecule has 0 heterocycles. The van der Waals surface area contributed by atoms with Crippen molar-refractivity contribution in [2.45, 2.75) is 4.90 Å². The number of halogens is 1. The molecule has 92 valence electrons. The van der Waals surface area contributed by atoms with Gasteiger partial charge in [0.05, 0.1) is 5.56 Å². The van der Waals surface area contributed by atoms with E-state index in [2.05, 4.69) is 0 Å². The van der Waals surface area contributed by atoms with Crippen LogP contribution in [0.15, 0.2) is 47.4 Å². The van der Waals surface area contributed by atoms with E-state index in [-0.39, 0.29) is 5.56 Å². The molecule has 2 rings (SSSR count). The minimum absolute atomic E-state index is 0.304. The Kier molecular flexibility index (Phi) is 3.67. The Morgan fingerprint density at radius 1 is 1.17 bits per heavy atom. The molecule has 0 amide bonds. The van der Waals surface area contributed by atoms with Gasteiger partial charge in [-0.05, 0) is 41.6 Å². The van der Waals surface area contributed by atoms with E-state index in [1.165, 1.54) is 12.1 Å². The van der Waals surface area contributed by atoms with Crippen LogP contribution in [-0.4, -0.2) is 17.3 Å². The number of carboxylic acids is 1. The summed E-state index contributed by atoms with van der Waals surface area (Å²) >= 11 is 1.60. The topological polar surface area (TPSA) is 37.3 Å². The Labute approximate surface area is 108 Å². The molecule has 0 bridgehead atoms. The summed E-state index contributed by atoms with van der Waals surface area (Å²) < 4.78 is 13.3. The molecule has 18 heavy (non-hydrogen) atoms. The Bertz CT molecular complexity index is 596. The van der Waals surface area contributed by atoms with Gasteiger partial charge in [-0.1, -0.05) is 18.2 Å². The summed E-state index contributed by atoms with van der Waals surface area (Å²) in [6.07, 6.45) is 1.96. The van der Waals surface area contributed by atoms with Gasteiger partial charge >= 0.3 is 5.97 Å². The van der Waals surface area contributed by atoms with Crippen LogP contribution in [-0.2, 0) is 0 Å². The van der Waals surface area contributed by atoms with Gasteiger partial charge in [-0.2, -0.15) is 0 Å². The SMILES string of the molecule is CSc1cccc(-c2ccc(F)c(C(=O)O)c2)c1. The van der Waals surface area contributed by atoms with Gasteiger partial charge < -0.3 is 5.11 Å². The molecule has 0 unspecified atom stereocenters. The predicted octanol–water partition coefficient (Wildman–Crippen LogP) is 3.91. The molecule has 0 aromatic heterocycles. The van der Waals surface area contributed by atoms with E-state index in [0.717, 1.165) is 10.5 Å². The quantitative estimate of drug-likeness (QED) is 0.852. The molecule has 0 radical (unpaired) electrons. The van der Waals surface area contributed by atoms with E-state index >= 15 is 0 Å². The second kappa shape index (κ2) is 5.23. The van der Waals surface area contributed by atoms with Crippen LogP contribution in [0.5, 0.6) is 0 Å². The first-order valence-corrected chi connectivity index (χ1v) is 6.51. The smallest absolute Gasteiger partial charge is 0.338 e. The van der Waals surface area contributed by atoms with Crippen molar-refractivity contribution < 1.29 is 14.3 Å². The van der Waals surface area contributed by atoms with E-state index in [4.69, 9.17) is 5.11 Å². The molecule has 0 spiro atoms. The Hall–Kier alpha value is -1.81. The summed E-state index contributed by atoms with van der Waals surface area (Å²) in [6, 6.07) is 11.8. The van der Waals surface area contributed by atoms with Crippen LogP contribution in [0.4, 0.5) is 4.39 Å². The highest BCUT2D eigenvalue weighted by Crippen LogP contribution is 2.26. The molecular weight excluding hydrogens is 251 g/mol. The van der Waals surface area contributed by atoms with Gasteiger partial charge in [-0.15, -0.1) is 11.8 Å². The summed E-state index contributed by atoms with van der Waals surface area (Å²) in [6.45, 7) is 0. The highest BCUT2D eigenvalue weighted by molar-refractivity contribution is 7.98. The van der Waals surface area contributed by atoms with Crippen molar-refractivity contribution in [3.63, 3.8) is 0 Å². The molecule has 2 aromatic carbocycles. The van der Waals surface area contributed by atoms with Crippen LogP contribution >= 0.6 is 11.8 Å². The zero-order valence-corrected chi connectivity index (χ0v) is 10.5. The maximum atomic E-state index is 13.3. The first kappa shape index (κ1) is 12.6. The van der Waals surface area contributed by atoms with Crippen molar-refractivity contribution in [2.75, 3.05) is 6.26 Å². The average molecular weight is 262 g/mol. The fourth-order valence-electron chi connectivity index (χ4n) is 1.67. The minimum atomic E-state index is -1.25. The van der Waals surface area contributed by atoms with Crippen molar-refractivity contribution in [1.82, 2.24) is 0 Å². The third kappa shape index (κ3) is 2.54. The molecule has 0 fully saturated rings. The van der Waals surface area contributed by atoms with Crippen LogP contribution in [0.25, 0.3) is 11.1 Å². The van der Waals surface area contributed by atoms with Crippen molar-refractivity contribution in [3.8, 4) is 11.1 Å². The molecule has 2 aromatic rings. The highest BCUT2D eigenvalue weighted by Gasteiger charge is 2.11. The lowest BCUT2D eigenvalue weighted by Crippen LogP contribution is -2.00. The Morgan fingerprint density at radius 2 is 1.89 bits per heavy atom. The fourth-order valence-corrected chi connectivity index (χ4v) is 2.13. The predicted molar refractivity (Wildman–Crippen MR) is 70.6 cm³/mol. The van der Waals surface area contributed by atoms with E-state index in [1.807, 2.05) is 30.5 Å². The molecule has 4 heteroatoms. The van der Waals surface area contributed by atoms with Crippen LogP contribution in [0.3, 0.4) is 0 Å². The lowest BCUT2D eigenvalue weighted by Gasteiger charge is -2.05. The van der Waals surface area contributed by atoms with Gasteiger partial charge in [0.1, 0.15) is 5.82 Å². The van der Waals surface area contributed by atoms with Crippen LogP contribution in [0.2, 0.25) is 0 Å². The van der Waals surface area contributed by atoms with Crippen molar-refractivity contribution in [2.24, 2.45) is 0 Å². The molecule has 1 N–H and O–H groups in total. The number of benzene rings is 2. The van der Waals surface area contributed by atoms with Crippen molar-refractivity contribution in [1.29, 1.82) is 0 Å². The second-order valence-electron chi connectivity index (χ2n) is 3.73. The molecule has 0 saturated heterocycles. The zero-order valence-electron chi connectivity index (χ0n) is 9.68. The summed E-state index contributed by atoms with van der Waals surface area (Å²) in [4.78, 5) is 12.0. The summed E-state index contributed by atoms with van der Waals surface area (Å²) in [5, 5.41) is 8.89. The van der Waals surface area contributed by atoms with E-state index in [0.29, 0.717) is 5.56 Å². The maximum absolute atomic E-state index is 13.3. The monoisotopic (exact) mass is 262 g/mol. The number of rotatable bonds is 3. The maximum Gasteiger partial charge on any atom is 0.338 e. The number of carboxylic acid groups (broad SMARTS) is 1. The number of hydrogen-bond acceptors (Lipinski definition) is 2. The summed E-state index contributed by atoms with van der Waals surface area (Å²) in [5.74, 6) is -1.97. The third-order valence-electron chi connectivity index (χ3n) is 2.60. The first-order valence-electron chi connectivity index (χ1n) is 5.29. The van der Waals surface area contributed by atoms with Gasteiger partial charge in [0.15, 0.2) is 0 Å². The average Bonchev–Trinajstić information content (AvgIpc) is 2.39. The molecule has 0 saturated carbocycles. The van der Waals surface area contributed by atoms with Gasteiger partial charge in [-0.25, -0.2) is 9.18 Å². The van der Waals surface area contributed by atoms with E-state index < -0.39 is 11.8 Å². The number of aromatic carboxylic acids is 1. The van der Waals surface area contributed by atoms with Gasteiger partial charge in [0.2, 0.25) is 0 Å². The van der Waals surface area contributed by atoms with Crippen LogP contribution in [0.1, 0.15) is 10.4 Å². The Balaban J connectivity index is 2.50. The molecular formula is C14H11FO2S. The Morgan fingerprint density at radius 3 is 2.56 bits per heavy atom. The number of thioether (sulfide) groups is 1. The van der Waals surface area contributed by atoms with Crippen molar-refractivity contribution >= 4 is 17.7 Å². The van der Waals surface area contributed by atoms with Crippen LogP contribution in [0, 0.1) is 5.82 Å². The summed E-state index contributed by atoms with van der Waals surface area (Å²) in [5.41, 5.74) is 1.27. The summed E-state index contributed by atoms with van der Waals surface area (Å²) in [7, 11) is 0. The van der Waals surface area contributed by atoms with Gasteiger partial charge in [0.25, 0.3) is 0 Å². The molecule has 0 aliphatic heterocycles. The number of hydrogen-bond donors (Lipinski definition) is 1. The van der Waals surface area contributed by atoms with Crippen LogP contribution < -0.4 is 0 Å². The molecule has 0 aliphatic carbocycles. The minimum Gasteiger partial charge on any atom is -0.478 e. The zero-order chi connectivity index (χ0) is 13.1. The second-order valence-corrected chi connectivity index (χ2v) is 4.61. The van der Waals surface area contributed by atoms with Gasteiger partial charge in [-0.3, -0.25) is 0 Å². The highest BCUT2D eigenvalue weighted by atomic mass is 32.2. The fraction of sp³-hybridized carbons (Fsp3) is 0.0714. The van der Waals surface area contributed by atoms with Crippen molar-refractivity contribution in [3.05, 3.63) is 53.8 Å². The lowest BCUT2D eigenvalue weighted by atomic mass is 10.0. The largest absolute Gasteiger partial charge is 0.478 e. The van der Waals surface area contributed by atoms with E-state index in [9.17, 15) is 9.18 Å². The number of carbonyl (C=O) groups is 1. The molecule has 2 nitrogen and oxygen atoms in total. The van der Waals surface area contributed by atoms with Gasteiger partial charge in [0, 0.05) is 4.90 Å². The normalized spacial score (nSPS) is 10.3. The molecule has 0 atom stereocenters. The third-order valence-corrected chi connectivity index (χ3v) is 3.33. The lowest BCUT2D eigenvalue weighted by molar-refractivity contribution is 0.0692. The molecule has 0 aliphatic rings. The standard InChI is InChI=1S/C14H11FO2S/c1-18-11-4-2-3-9(7-11)10-5-6-13(15)12(8-10)14(16)17/h2-8H,1H3,(H,16,17).